The van der Waals surface area contributed by atoms with E-state index in [9.17, 15) is 19.2 Å². The van der Waals surface area contributed by atoms with Gasteiger partial charge in [-0.1, -0.05) is 13.3 Å². The molecule has 0 aromatic carbocycles. The zero-order valence-electron chi connectivity index (χ0n) is 12.5. The van der Waals surface area contributed by atoms with E-state index in [1.807, 2.05) is 6.92 Å². The molecule has 0 spiro atoms. The van der Waals surface area contributed by atoms with Crippen LogP contribution in [0.15, 0.2) is 0 Å². The first-order valence-corrected chi connectivity index (χ1v) is 6.31. The van der Waals surface area contributed by atoms with Crippen LogP contribution in [0.4, 0.5) is 0 Å². The first kappa shape index (κ1) is 24.2. The molecule has 21 heavy (non-hydrogen) atoms. The molecule has 8 heteroatoms. The molecular weight excluding hydrogens is 284 g/mol. The summed E-state index contributed by atoms with van der Waals surface area (Å²) in [6.45, 7) is 4.50. The number of aliphatic carboxylic acids is 2. The van der Waals surface area contributed by atoms with Gasteiger partial charge in [0.1, 0.15) is 24.4 Å². The standard InChI is InChI=1S/C5H12O2.2C4H6O3/c1-2-3-4-5(6)7;2*1-3(5)2-4(6)7/h5-7H,2-4H2,1H3;2*2H2,1H3,(H,6,7). The van der Waals surface area contributed by atoms with Crippen molar-refractivity contribution >= 4 is 23.5 Å². The van der Waals surface area contributed by atoms with Gasteiger partial charge in [-0.3, -0.25) is 19.2 Å². The van der Waals surface area contributed by atoms with Crippen molar-refractivity contribution < 1.29 is 39.6 Å². The Labute approximate surface area is 123 Å². The third-order valence-electron chi connectivity index (χ3n) is 1.62. The van der Waals surface area contributed by atoms with Crippen molar-refractivity contribution in [2.75, 3.05) is 0 Å². The first-order valence-electron chi connectivity index (χ1n) is 6.31. The Morgan fingerprint density at radius 1 is 0.857 bits per heavy atom. The highest BCUT2D eigenvalue weighted by molar-refractivity contribution is 5.93. The van der Waals surface area contributed by atoms with Crippen LogP contribution in [0.3, 0.4) is 0 Å². The van der Waals surface area contributed by atoms with E-state index in [4.69, 9.17) is 20.4 Å². The van der Waals surface area contributed by atoms with Crippen molar-refractivity contribution in [1.82, 2.24) is 0 Å². The molecule has 0 aromatic heterocycles. The highest BCUT2D eigenvalue weighted by Gasteiger charge is 1.98. The fourth-order valence-corrected chi connectivity index (χ4v) is 0.813. The lowest BCUT2D eigenvalue weighted by Crippen LogP contribution is -2.02. The molecule has 0 aliphatic heterocycles. The second-order valence-corrected chi connectivity index (χ2v) is 4.17. The zero-order chi connectivity index (χ0) is 17.4. The molecule has 0 unspecified atom stereocenters. The topological polar surface area (TPSA) is 149 Å². The molecule has 0 heterocycles. The smallest absolute Gasteiger partial charge is 0.310 e. The van der Waals surface area contributed by atoms with Crippen molar-refractivity contribution in [2.24, 2.45) is 0 Å². The monoisotopic (exact) mass is 308 g/mol. The van der Waals surface area contributed by atoms with E-state index < -0.39 is 18.2 Å². The van der Waals surface area contributed by atoms with Crippen molar-refractivity contribution in [3.8, 4) is 0 Å². The van der Waals surface area contributed by atoms with Gasteiger partial charge in [-0.2, -0.15) is 0 Å². The van der Waals surface area contributed by atoms with Crippen LogP contribution < -0.4 is 0 Å². The van der Waals surface area contributed by atoms with E-state index in [1.165, 1.54) is 13.8 Å². The summed E-state index contributed by atoms with van der Waals surface area (Å²) in [7, 11) is 0. The lowest BCUT2D eigenvalue weighted by Gasteiger charge is -1.97. The number of hydrogen-bond donors (Lipinski definition) is 4. The number of carbonyl (C=O) groups is 4. The van der Waals surface area contributed by atoms with E-state index in [0.717, 1.165) is 12.8 Å². The van der Waals surface area contributed by atoms with E-state index in [1.54, 1.807) is 0 Å². The van der Waals surface area contributed by atoms with Gasteiger partial charge in [0, 0.05) is 0 Å². The summed E-state index contributed by atoms with van der Waals surface area (Å²) >= 11 is 0. The molecule has 0 radical (unpaired) electrons. The molecule has 0 amide bonds. The van der Waals surface area contributed by atoms with Crippen LogP contribution in [-0.2, 0) is 19.2 Å². The largest absolute Gasteiger partial charge is 0.481 e. The van der Waals surface area contributed by atoms with Gasteiger partial charge in [0.05, 0.1) is 0 Å². The Morgan fingerprint density at radius 3 is 1.24 bits per heavy atom. The van der Waals surface area contributed by atoms with Gasteiger partial charge in [-0.05, 0) is 26.7 Å². The van der Waals surface area contributed by atoms with Gasteiger partial charge in [0.25, 0.3) is 0 Å². The fraction of sp³-hybridized carbons (Fsp3) is 0.692. The predicted octanol–water partition coefficient (Wildman–Crippen LogP) is 0.587. The molecule has 4 N–H and O–H groups in total. The van der Waals surface area contributed by atoms with Crippen LogP contribution in [0, 0.1) is 0 Å². The summed E-state index contributed by atoms with van der Waals surface area (Å²) in [4.78, 5) is 38.9. The normalized spacial score (nSPS) is 8.86. The molecular formula is C13H24O8. The quantitative estimate of drug-likeness (QED) is 0.394. The van der Waals surface area contributed by atoms with Gasteiger partial charge >= 0.3 is 11.9 Å². The number of carbonyl (C=O) groups excluding carboxylic acids is 2. The van der Waals surface area contributed by atoms with Crippen LogP contribution in [0.2, 0.25) is 0 Å². The van der Waals surface area contributed by atoms with E-state index in [0.29, 0.717) is 6.42 Å². The molecule has 124 valence electrons. The maximum atomic E-state index is 9.87. The summed E-state index contributed by atoms with van der Waals surface area (Å²) < 4.78 is 0. The van der Waals surface area contributed by atoms with Crippen molar-refractivity contribution in [3.05, 3.63) is 0 Å². The number of aliphatic hydroxyl groups is 2. The summed E-state index contributed by atoms with van der Waals surface area (Å²) in [6, 6.07) is 0. The average molecular weight is 308 g/mol. The third-order valence-corrected chi connectivity index (χ3v) is 1.62. The summed E-state index contributed by atoms with van der Waals surface area (Å²) in [5.41, 5.74) is 0. The van der Waals surface area contributed by atoms with E-state index in [-0.39, 0.29) is 24.4 Å². The molecule has 0 rings (SSSR count). The summed E-state index contributed by atoms with van der Waals surface area (Å²) in [6.07, 6.45) is 0.617. The molecule has 0 fully saturated rings. The van der Waals surface area contributed by atoms with E-state index in [2.05, 4.69) is 0 Å². The highest BCUT2D eigenvalue weighted by Crippen LogP contribution is 1.95. The highest BCUT2D eigenvalue weighted by atomic mass is 16.5. The van der Waals surface area contributed by atoms with Gasteiger partial charge < -0.3 is 20.4 Å². The minimum atomic E-state index is -1.10. The Balaban J connectivity index is -0.000000231. The van der Waals surface area contributed by atoms with Gasteiger partial charge in [-0.15, -0.1) is 0 Å². The van der Waals surface area contributed by atoms with Gasteiger partial charge in [0.15, 0.2) is 6.29 Å². The number of carboxylic acid groups (broad SMARTS) is 2. The zero-order valence-corrected chi connectivity index (χ0v) is 12.5. The van der Waals surface area contributed by atoms with Crippen LogP contribution in [0.1, 0.15) is 52.9 Å². The molecule has 0 saturated heterocycles. The molecule has 0 aliphatic carbocycles. The first-order chi connectivity index (χ1) is 9.52. The Bertz CT molecular complexity index is 272. The Kier molecular flexibility index (Phi) is 18.8. The van der Waals surface area contributed by atoms with Gasteiger partial charge in [0.2, 0.25) is 0 Å². The molecule has 8 nitrogen and oxygen atoms in total. The minimum absolute atomic E-state index is 0.312. The fourth-order valence-electron chi connectivity index (χ4n) is 0.813. The molecule has 0 saturated carbocycles. The molecule has 0 atom stereocenters. The number of unbranched alkanes of at least 4 members (excludes halogenated alkanes) is 1. The van der Waals surface area contributed by atoms with Crippen LogP contribution in [-0.4, -0.2) is 50.2 Å². The number of hydrogen-bond acceptors (Lipinski definition) is 6. The Hall–Kier alpha value is -1.80. The molecule has 0 bridgehead atoms. The third kappa shape index (κ3) is 45.9. The second-order valence-electron chi connectivity index (χ2n) is 4.17. The number of Topliss-reactive ketones (excluding diaryl/α,β-unsaturated/α-hetero) is 2. The van der Waals surface area contributed by atoms with Crippen LogP contribution >= 0.6 is 0 Å². The summed E-state index contributed by atoms with van der Waals surface area (Å²) in [5.74, 6) is -2.75. The van der Waals surface area contributed by atoms with Crippen molar-refractivity contribution in [2.45, 2.75) is 59.2 Å². The number of carboxylic acids is 2. The predicted molar refractivity (Wildman–Crippen MR) is 73.6 cm³/mol. The number of rotatable bonds is 7. The van der Waals surface area contributed by atoms with Crippen LogP contribution in [0.5, 0.6) is 0 Å². The van der Waals surface area contributed by atoms with Crippen molar-refractivity contribution in [1.29, 1.82) is 0 Å². The molecule has 0 aromatic rings. The molecule has 0 aliphatic rings. The van der Waals surface area contributed by atoms with E-state index >= 15 is 0 Å². The SMILES string of the molecule is CC(=O)CC(=O)O.CC(=O)CC(=O)O.CCCCC(O)O. The number of ketones is 2. The summed E-state index contributed by atoms with van der Waals surface area (Å²) in [5, 5.41) is 32.2. The maximum Gasteiger partial charge on any atom is 0.310 e. The van der Waals surface area contributed by atoms with Crippen LogP contribution in [0.25, 0.3) is 0 Å². The number of aliphatic hydroxyl groups excluding tert-OH is 1. The lowest BCUT2D eigenvalue weighted by molar-refractivity contribution is -0.141. The maximum absolute atomic E-state index is 9.87. The van der Waals surface area contributed by atoms with Gasteiger partial charge in [-0.25, -0.2) is 0 Å². The lowest BCUT2D eigenvalue weighted by atomic mass is 10.2. The Morgan fingerprint density at radius 2 is 1.19 bits per heavy atom. The average Bonchev–Trinajstić information content (AvgIpc) is 2.23. The minimum Gasteiger partial charge on any atom is -0.481 e. The second kappa shape index (κ2) is 16.3. The van der Waals surface area contributed by atoms with Crippen molar-refractivity contribution in [3.63, 3.8) is 0 Å².